The number of benzene rings is 16. The number of fused-ring (bicyclic) bond motifs is 21. The highest BCUT2D eigenvalue weighted by atomic mass is 14.9. The predicted octanol–water partition coefficient (Wildman–Crippen LogP) is 21.1. The van der Waals surface area contributed by atoms with Crippen molar-refractivity contribution in [3.63, 3.8) is 0 Å². The number of hydrogen-bond donors (Lipinski definition) is 0. The van der Waals surface area contributed by atoms with Crippen LogP contribution in [0.3, 0.4) is 0 Å². The summed E-state index contributed by atoms with van der Waals surface area (Å²) in [7, 11) is 0. The van der Waals surface area contributed by atoms with Crippen LogP contribution in [-0.2, 0) is 6.42 Å². The summed E-state index contributed by atoms with van der Waals surface area (Å²) < 4.78 is 5.46. The van der Waals surface area contributed by atoms with Crippen molar-refractivity contribution in [2.75, 3.05) is 0 Å². The predicted molar refractivity (Wildman–Crippen MR) is 413 cm³/mol. The molecule has 0 fully saturated rings. The average Bonchev–Trinajstić information content (AvgIpc) is 1.45. The summed E-state index contributed by atoms with van der Waals surface area (Å²) >= 11 is 0. The second kappa shape index (κ2) is 19.8. The number of nitrogens with zero attached hydrogens (tertiary/aromatic N) is 2. The Kier molecular flexibility index (Phi) is 11.1. The van der Waals surface area contributed by atoms with E-state index in [1.165, 1.54) is 225 Å². The Morgan fingerprint density at radius 3 is 1.51 bits per heavy atom. The molecule has 4 heteroatoms. The van der Waals surface area contributed by atoms with Gasteiger partial charge in [-0.25, -0.2) is 0 Å². The normalized spacial score (nSPS) is 12.8. The maximum Gasteiger partial charge on any atom is 0.329 e. The Morgan fingerprint density at radius 2 is 0.802 bits per heavy atom. The third kappa shape index (κ3) is 7.23. The van der Waals surface area contributed by atoms with Gasteiger partial charge in [0.05, 0.1) is 0 Å². The highest BCUT2D eigenvalue weighted by molar-refractivity contribution is 6.89. The Morgan fingerprint density at radius 1 is 0.271 bits per heavy atom. The van der Waals surface area contributed by atoms with Crippen molar-refractivity contribution in [1.82, 2.24) is 8.96 Å². The molecule has 0 N–H and O–H groups in total. The largest absolute Gasteiger partial charge is 0.375 e. The number of hydrogen-bond acceptors (Lipinski definition) is 0. The van der Waals surface area contributed by atoms with Crippen molar-refractivity contribution in [2.45, 2.75) is 41.0 Å². The number of aryl methyl sites for hydroxylation is 5. The van der Waals surface area contributed by atoms with E-state index < -0.39 is 0 Å². The van der Waals surface area contributed by atoms with Crippen LogP contribution in [-0.4, -0.2) is 22.7 Å². The highest BCUT2D eigenvalue weighted by Crippen LogP contribution is 2.59. The first-order chi connectivity index (χ1) is 47.2. The lowest BCUT2D eigenvalue weighted by Gasteiger charge is -2.31. The second-order valence-electron chi connectivity index (χ2n) is 27.9. The summed E-state index contributed by atoms with van der Waals surface area (Å²) in [6, 6.07) is 105. The van der Waals surface area contributed by atoms with E-state index in [0.717, 1.165) is 6.42 Å². The molecule has 3 aliphatic rings. The minimum Gasteiger partial charge on any atom is -0.375 e. The van der Waals surface area contributed by atoms with Crippen LogP contribution in [0.5, 0.6) is 0 Å². The molecular formula is C92H62B2N2. The fourth-order valence-electron chi connectivity index (χ4n) is 19.2. The molecule has 96 heavy (non-hydrogen) atoms. The molecular weight excluding hydrogens is 1150 g/mol. The van der Waals surface area contributed by atoms with Crippen LogP contribution in [0.15, 0.2) is 273 Å². The van der Waals surface area contributed by atoms with Crippen LogP contribution < -0.4 is 21.9 Å². The van der Waals surface area contributed by atoms with Crippen molar-refractivity contribution in [2.24, 2.45) is 0 Å². The van der Waals surface area contributed by atoms with Crippen LogP contribution in [0.25, 0.3) is 164 Å². The van der Waals surface area contributed by atoms with Gasteiger partial charge in [-0.05, 0) is 202 Å². The van der Waals surface area contributed by atoms with Crippen LogP contribution in [0, 0.1) is 34.6 Å². The summed E-state index contributed by atoms with van der Waals surface area (Å²) in [5.74, 6) is 0. The van der Waals surface area contributed by atoms with Crippen molar-refractivity contribution in [3.05, 3.63) is 312 Å². The van der Waals surface area contributed by atoms with Crippen LogP contribution in [0.1, 0.15) is 38.9 Å². The molecule has 16 aromatic carbocycles. The Balaban J connectivity index is 0.778. The van der Waals surface area contributed by atoms with Gasteiger partial charge in [-0.15, -0.1) is 0 Å². The lowest BCUT2D eigenvalue weighted by Crippen LogP contribution is -2.53. The average molecular weight is 1220 g/mol. The summed E-state index contributed by atoms with van der Waals surface area (Å²) in [6.45, 7) is 11.5. The molecule has 0 atom stereocenters. The molecule has 18 aromatic rings. The van der Waals surface area contributed by atoms with E-state index in [1.54, 1.807) is 0 Å². The Hall–Kier alpha value is -11.5. The quantitative estimate of drug-likeness (QED) is 0.147. The number of rotatable bonds is 6. The molecule has 2 aromatic heterocycles. The molecule has 2 nitrogen and oxygen atoms in total. The molecule has 0 bridgehead atoms. The van der Waals surface area contributed by atoms with Gasteiger partial charge in [0.25, 0.3) is 0 Å². The Labute approximate surface area is 558 Å². The minimum atomic E-state index is -0.121. The molecule has 1 aliphatic carbocycles. The molecule has 21 rings (SSSR count). The highest BCUT2D eigenvalue weighted by Gasteiger charge is 2.42. The minimum absolute atomic E-state index is 0.0160. The second-order valence-corrected chi connectivity index (χ2v) is 27.9. The van der Waals surface area contributed by atoms with E-state index in [0.29, 0.717) is 0 Å². The summed E-state index contributed by atoms with van der Waals surface area (Å²) in [4.78, 5) is 0. The summed E-state index contributed by atoms with van der Waals surface area (Å²) in [5.41, 5.74) is 35.5. The first-order valence-corrected chi connectivity index (χ1v) is 34.2. The van der Waals surface area contributed by atoms with Crippen LogP contribution in [0.4, 0.5) is 0 Å². The molecule has 0 saturated carbocycles. The fourth-order valence-corrected chi connectivity index (χ4v) is 19.2. The van der Waals surface area contributed by atoms with E-state index in [4.69, 9.17) is 0 Å². The van der Waals surface area contributed by atoms with Gasteiger partial charge in [-0.1, -0.05) is 283 Å². The number of para-hydroxylation sites is 2. The molecule has 0 amide bonds. The lowest BCUT2D eigenvalue weighted by molar-refractivity contribution is 1.18. The summed E-state index contributed by atoms with van der Waals surface area (Å²) in [6.07, 6.45) is 0.804. The standard InChI is InChI=1S/C92H62B2N2/c1-52-44-53(2)89(54(3)45-52)93-76-42-39-59-22-12-14-28-64(59)83(76)75-50-63-49-57(38-41-66(63)88-85-65-29-15-13-23-60(65)40-43-79(85)96(93)92(75)88)48-58-46-55(4)90(56(5)47-58)94-77-51-74-82-71(84(77)73-36-20-33-70-67-30-18-19-37-78(67)95(94)91(70)73)34-21-35-72(82)86-80(61-24-8-6-9-25-61)68-31-16-17-32-69(68)81(87(74)86)62-26-10-7-11-27-62/h6-47,49-51H,48H2,1-5H3. The smallest absolute Gasteiger partial charge is 0.329 e. The fraction of sp³-hybridized carbons (Fsp3) is 0.0652. The molecule has 2 aliphatic heterocycles. The van der Waals surface area contributed by atoms with Crippen LogP contribution >= 0.6 is 0 Å². The topological polar surface area (TPSA) is 9.86 Å². The van der Waals surface area contributed by atoms with E-state index in [2.05, 4.69) is 317 Å². The van der Waals surface area contributed by atoms with E-state index in [9.17, 15) is 0 Å². The molecule has 0 spiro atoms. The van der Waals surface area contributed by atoms with Gasteiger partial charge >= 0.3 is 13.7 Å². The third-order valence-electron chi connectivity index (χ3n) is 22.6. The van der Waals surface area contributed by atoms with Gasteiger partial charge in [0.15, 0.2) is 0 Å². The first kappa shape index (κ1) is 54.0. The zero-order chi connectivity index (χ0) is 63.5. The molecule has 0 unspecified atom stereocenters. The van der Waals surface area contributed by atoms with E-state index in [-0.39, 0.29) is 13.7 Å². The maximum absolute atomic E-state index is 2.73. The molecule has 0 radical (unpaired) electrons. The lowest BCUT2D eigenvalue weighted by atomic mass is 9.45. The van der Waals surface area contributed by atoms with Gasteiger partial charge in [-0.2, -0.15) is 0 Å². The van der Waals surface area contributed by atoms with Crippen molar-refractivity contribution in [1.29, 1.82) is 0 Å². The van der Waals surface area contributed by atoms with Crippen molar-refractivity contribution >= 4 is 133 Å². The molecule has 4 heterocycles. The van der Waals surface area contributed by atoms with Crippen molar-refractivity contribution in [3.8, 4) is 66.8 Å². The SMILES string of the molecule is Cc1cc(C)c(B2c3ccc4ccccc4c3-c3cc4cc(Cc5cc(C)c(B6c7cc8c9c(cccc9c7-c7cccc9c%10ccccc%10n6c79)-c6c-8c(-c7ccccc7)c7ccccc7c6-c6ccccc6)c(C)c5)ccc4c4c5c6ccccc6ccc5n2c34)c(C)c1. The van der Waals surface area contributed by atoms with Gasteiger partial charge < -0.3 is 8.96 Å². The number of aromatic nitrogens is 2. The van der Waals surface area contributed by atoms with E-state index in [1.807, 2.05) is 0 Å². The van der Waals surface area contributed by atoms with Gasteiger partial charge in [0, 0.05) is 54.7 Å². The van der Waals surface area contributed by atoms with E-state index >= 15 is 0 Å². The van der Waals surface area contributed by atoms with Crippen molar-refractivity contribution < 1.29 is 0 Å². The van der Waals surface area contributed by atoms with Gasteiger partial charge in [-0.3, -0.25) is 0 Å². The van der Waals surface area contributed by atoms with Gasteiger partial charge in [0.2, 0.25) is 0 Å². The molecule has 0 saturated heterocycles. The zero-order valence-electron chi connectivity index (χ0n) is 54.2. The Bertz CT molecular complexity index is 6500. The first-order valence-electron chi connectivity index (χ1n) is 34.2. The zero-order valence-corrected chi connectivity index (χ0v) is 54.2. The maximum atomic E-state index is 2.73. The monoisotopic (exact) mass is 1220 g/mol. The third-order valence-corrected chi connectivity index (χ3v) is 22.6. The van der Waals surface area contributed by atoms with Gasteiger partial charge in [0.1, 0.15) is 0 Å². The molecule has 446 valence electrons. The summed E-state index contributed by atoms with van der Waals surface area (Å²) in [5, 5.41) is 18.2. The van der Waals surface area contributed by atoms with Crippen LogP contribution in [0.2, 0.25) is 0 Å².